The SMILES string of the molecule is CCCCCCCCCOC(=O)[C@H](Cc1ccccc1)NC(=O)Nc1ccc(C)c(NC(=O)N[C@@H](Cc2ccccc2)C(=O)OCCCCCCCCC)c1. The van der Waals surface area contributed by atoms with E-state index in [4.69, 9.17) is 9.47 Å². The van der Waals surface area contributed by atoms with Gasteiger partial charge in [0.1, 0.15) is 12.1 Å². The second-order valence-electron chi connectivity index (χ2n) is 14.3. The molecule has 300 valence electrons. The van der Waals surface area contributed by atoms with Gasteiger partial charge in [-0.2, -0.15) is 0 Å². The van der Waals surface area contributed by atoms with Crippen molar-refractivity contribution in [2.24, 2.45) is 0 Å². The molecule has 0 saturated heterocycles. The quantitative estimate of drug-likeness (QED) is 0.0476. The summed E-state index contributed by atoms with van der Waals surface area (Å²) in [4.78, 5) is 52.9. The smallest absolute Gasteiger partial charge is 0.329 e. The Morgan fingerprint density at radius 3 is 1.40 bits per heavy atom. The van der Waals surface area contributed by atoms with Crippen molar-refractivity contribution in [2.75, 3.05) is 23.8 Å². The number of esters is 2. The van der Waals surface area contributed by atoms with Crippen LogP contribution in [0.5, 0.6) is 0 Å². The van der Waals surface area contributed by atoms with Gasteiger partial charge in [0.05, 0.1) is 13.2 Å². The number of nitrogens with one attached hydrogen (secondary N) is 4. The molecule has 10 nitrogen and oxygen atoms in total. The topological polar surface area (TPSA) is 135 Å². The Bertz CT molecular complexity index is 1550. The highest BCUT2D eigenvalue weighted by Gasteiger charge is 2.25. The Hall–Kier alpha value is -4.86. The molecule has 0 radical (unpaired) electrons. The summed E-state index contributed by atoms with van der Waals surface area (Å²) in [5, 5.41) is 11.2. The molecule has 10 heteroatoms. The van der Waals surface area contributed by atoms with E-state index >= 15 is 0 Å². The molecule has 3 aromatic carbocycles. The molecule has 2 atom stereocenters. The van der Waals surface area contributed by atoms with E-state index in [1.807, 2.05) is 67.6 Å². The highest BCUT2D eigenvalue weighted by molar-refractivity contribution is 5.96. The number of urea groups is 2. The first-order valence-electron chi connectivity index (χ1n) is 20.5. The van der Waals surface area contributed by atoms with Crippen LogP contribution in [0, 0.1) is 6.92 Å². The van der Waals surface area contributed by atoms with Crippen molar-refractivity contribution >= 4 is 35.4 Å². The maximum absolute atomic E-state index is 13.3. The van der Waals surface area contributed by atoms with E-state index in [0.717, 1.165) is 55.2 Å². The van der Waals surface area contributed by atoms with Gasteiger partial charge < -0.3 is 30.7 Å². The summed E-state index contributed by atoms with van der Waals surface area (Å²) in [7, 11) is 0. The highest BCUT2D eigenvalue weighted by atomic mass is 16.5. The van der Waals surface area contributed by atoms with Gasteiger partial charge in [-0.05, 0) is 48.6 Å². The van der Waals surface area contributed by atoms with Crippen LogP contribution in [0.2, 0.25) is 0 Å². The van der Waals surface area contributed by atoms with Crippen LogP contribution in [0.4, 0.5) is 21.0 Å². The molecule has 0 unspecified atom stereocenters. The normalized spacial score (nSPS) is 11.9. The van der Waals surface area contributed by atoms with Gasteiger partial charge in [0.25, 0.3) is 0 Å². The fraction of sp³-hybridized carbons (Fsp3) is 0.511. The van der Waals surface area contributed by atoms with Crippen LogP contribution in [-0.2, 0) is 31.9 Å². The predicted octanol–water partition coefficient (Wildman–Crippen LogP) is 10.0. The number of anilines is 2. The molecule has 0 aliphatic heterocycles. The number of carbonyl (C=O) groups excluding carboxylic acids is 4. The largest absolute Gasteiger partial charge is 0.464 e. The van der Waals surface area contributed by atoms with Crippen molar-refractivity contribution < 1.29 is 28.7 Å². The molecular formula is C45H64N4O6. The number of carbonyl (C=O) groups is 4. The molecule has 0 saturated carbocycles. The Balaban J connectivity index is 1.58. The van der Waals surface area contributed by atoms with Crippen molar-refractivity contribution in [2.45, 2.75) is 136 Å². The van der Waals surface area contributed by atoms with Crippen molar-refractivity contribution in [3.05, 3.63) is 95.6 Å². The van der Waals surface area contributed by atoms with E-state index in [9.17, 15) is 19.2 Å². The summed E-state index contributed by atoms with van der Waals surface area (Å²) in [6.45, 7) is 6.83. The lowest BCUT2D eigenvalue weighted by atomic mass is 10.1. The van der Waals surface area contributed by atoms with Crippen molar-refractivity contribution in [3.8, 4) is 0 Å². The minimum atomic E-state index is -0.897. The fourth-order valence-corrected chi connectivity index (χ4v) is 6.23. The van der Waals surface area contributed by atoms with Gasteiger partial charge in [-0.25, -0.2) is 19.2 Å². The molecule has 0 aromatic heterocycles. The zero-order chi connectivity index (χ0) is 39.5. The van der Waals surface area contributed by atoms with Crippen molar-refractivity contribution in [1.29, 1.82) is 0 Å². The van der Waals surface area contributed by atoms with Crippen LogP contribution in [0.1, 0.15) is 120 Å². The summed E-state index contributed by atoms with van der Waals surface area (Å²) in [6, 6.07) is 21.1. The van der Waals surface area contributed by atoms with E-state index in [1.165, 1.54) is 51.4 Å². The third-order valence-electron chi connectivity index (χ3n) is 9.47. The second-order valence-corrected chi connectivity index (χ2v) is 14.3. The third-order valence-corrected chi connectivity index (χ3v) is 9.47. The number of rotatable bonds is 26. The monoisotopic (exact) mass is 756 g/mol. The standard InChI is InChI=1S/C45H64N4O6/c1-4-6-8-10-12-14-22-30-54-42(50)40(32-36-24-18-16-19-25-36)48-44(52)46-38-29-28-35(3)39(34-38)47-45(53)49-41(33-37-26-20-17-21-27-37)43(51)55-31-23-15-13-11-9-7-5-2/h16-21,24-29,34,40-41H,4-15,22-23,30-33H2,1-3H3,(H2,46,48,52)(H2,47,49,53)/t40-,41-/m0/s1. The number of benzene rings is 3. The average Bonchev–Trinajstić information content (AvgIpc) is 3.18. The Morgan fingerprint density at radius 1 is 0.527 bits per heavy atom. The van der Waals surface area contributed by atoms with Crippen LogP contribution in [0.25, 0.3) is 0 Å². The van der Waals surface area contributed by atoms with Crippen LogP contribution >= 0.6 is 0 Å². The van der Waals surface area contributed by atoms with Gasteiger partial charge in [0.15, 0.2) is 0 Å². The van der Waals surface area contributed by atoms with Gasteiger partial charge in [-0.1, -0.05) is 158 Å². The lowest BCUT2D eigenvalue weighted by Gasteiger charge is -2.20. The van der Waals surface area contributed by atoms with E-state index < -0.39 is 36.1 Å². The summed E-state index contributed by atoms with van der Waals surface area (Å²) >= 11 is 0. The average molecular weight is 757 g/mol. The summed E-state index contributed by atoms with van der Waals surface area (Å²) in [5.74, 6) is -0.973. The molecule has 4 amide bonds. The molecule has 0 aliphatic carbocycles. The Morgan fingerprint density at radius 2 is 0.945 bits per heavy atom. The Labute approximate surface area is 328 Å². The van der Waals surface area contributed by atoms with Crippen molar-refractivity contribution in [3.63, 3.8) is 0 Å². The number of hydrogen-bond acceptors (Lipinski definition) is 6. The zero-order valence-electron chi connectivity index (χ0n) is 33.3. The minimum Gasteiger partial charge on any atom is -0.464 e. The summed E-state index contributed by atoms with van der Waals surface area (Å²) < 4.78 is 11.2. The predicted molar refractivity (Wildman–Crippen MR) is 221 cm³/mol. The lowest BCUT2D eigenvalue weighted by Crippen LogP contribution is -2.45. The molecule has 0 spiro atoms. The fourth-order valence-electron chi connectivity index (χ4n) is 6.23. The number of hydrogen-bond donors (Lipinski definition) is 4. The van der Waals surface area contributed by atoms with Gasteiger partial charge in [-0.15, -0.1) is 0 Å². The third kappa shape index (κ3) is 18.8. The number of amides is 4. The highest BCUT2D eigenvalue weighted by Crippen LogP contribution is 2.21. The molecule has 0 fully saturated rings. The molecule has 0 heterocycles. The minimum absolute atomic E-state index is 0.274. The molecule has 3 aromatic rings. The molecule has 4 N–H and O–H groups in total. The zero-order valence-corrected chi connectivity index (χ0v) is 33.3. The lowest BCUT2D eigenvalue weighted by molar-refractivity contribution is -0.146. The van der Waals surface area contributed by atoms with E-state index in [2.05, 4.69) is 35.1 Å². The van der Waals surface area contributed by atoms with Gasteiger partial charge in [-0.3, -0.25) is 0 Å². The van der Waals surface area contributed by atoms with Crippen LogP contribution in [0.3, 0.4) is 0 Å². The second kappa shape index (κ2) is 26.8. The summed E-state index contributed by atoms with van der Waals surface area (Å²) in [5.41, 5.74) is 3.38. The van der Waals surface area contributed by atoms with Crippen LogP contribution in [0.15, 0.2) is 78.9 Å². The number of aryl methyl sites for hydroxylation is 1. The van der Waals surface area contributed by atoms with E-state index in [-0.39, 0.29) is 12.8 Å². The van der Waals surface area contributed by atoms with Crippen LogP contribution in [-0.4, -0.2) is 49.3 Å². The number of unbranched alkanes of at least 4 members (excludes halogenated alkanes) is 12. The molecule has 55 heavy (non-hydrogen) atoms. The van der Waals surface area contributed by atoms with Gasteiger partial charge in [0, 0.05) is 24.2 Å². The van der Waals surface area contributed by atoms with Gasteiger partial charge >= 0.3 is 24.0 Å². The van der Waals surface area contributed by atoms with Crippen LogP contribution < -0.4 is 21.3 Å². The van der Waals surface area contributed by atoms with E-state index in [0.29, 0.717) is 24.6 Å². The maximum Gasteiger partial charge on any atom is 0.329 e. The molecule has 0 bridgehead atoms. The Kier molecular flexibility index (Phi) is 21.7. The van der Waals surface area contributed by atoms with E-state index in [1.54, 1.807) is 18.2 Å². The van der Waals surface area contributed by atoms with Gasteiger partial charge in [0.2, 0.25) is 0 Å². The number of ether oxygens (including phenoxy) is 2. The maximum atomic E-state index is 13.3. The summed E-state index contributed by atoms with van der Waals surface area (Å²) in [6.07, 6.45) is 16.0. The molecule has 0 aliphatic rings. The first-order valence-corrected chi connectivity index (χ1v) is 20.5. The first kappa shape index (κ1) is 44.5. The first-order chi connectivity index (χ1) is 26.8. The molecule has 3 rings (SSSR count). The van der Waals surface area contributed by atoms with Crippen molar-refractivity contribution in [1.82, 2.24) is 10.6 Å². The molecular weight excluding hydrogens is 693 g/mol.